The molecule has 0 radical (unpaired) electrons. The fourth-order valence-corrected chi connectivity index (χ4v) is 5.49. The minimum Gasteiger partial charge on any atom is -0.449 e. The molecule has 4 aromatic rings. The first-order valence-corrected chi connectivity index (χ1v) is 14.5. The van der Waals surface area contributed by atoms with Gasteiger partial charge in [0, 0.05) is 12.1 Å². The Balaban J connectivity index is 1.56. The molecule has 0 spiro atoms. The van der Waals surface area contributed by atoms with Crippen LogP contribution in [0.4, 0.5) is 11.4 Å². The van der Waals surface area contributed by atoms with E-state index in [1.165, 1.54) is 40.6 Å². The molecule has 0 saturated carbocycles. The van der Waals surface area contributed by atoms with Crippen LogP contribution in [0.5, 0.6) is 0 Å². The van der Waals surface area contributed by atoms with Gasteiger partial charge in [-0.25, -0.2) is 17.9 Å². The lowest BCUT2D eigenvalue weighted by molar-refractivity contribution is -0.123. The third-order valence-electron chi connectivity index (χ3n) is 6.10. The second-order valence-corrected chi connectivity index (χ2v) is 11.8. The summed E-state index contributed by atoms with van der Waals surface area (Å²) in [6, 6.07) is 16.5. The number of nitrogens with one attached hydrogen (secondary N) is 2. The fraction of sp³-hybridized carbons (Fsp3) is 0.148. The van der Waals surface area contributed by atoms with Crippen LogP contribution in [-0.2, 0) is 26.6 Å². The smallest absolute Gasteiger partial charge is 0.340 e. The van der Waals surface area contributed by atoms with Crippen LogP contribution in [0.3, 0.4) is 0 Å². The minimum atomic E-state index is -4.36. The van der Waals surface area contributed by atoms with Crippen molar-refractivity contribution in [3.63, 3.8) is 0 Å². The number of amides is 1. The predicted octanol–water partition coefficient (Wildman–Crippen LogP) is 5.43. The van der Waals surface area contributed by atoms with E-state index in [1.807, 2.05) is 0 Å². The maximum absolute atomic E-state index is 13.3. The molecule has 0 aliphatic carbocycles. The molecular weight excluding hydrogens is 615 g/mol. The highest BCUT2D eigenvalue weighted by molar-refractivity contribution is 7.92. The number of sulfonamides is 1. The van der Waals surface area contributed by atoms with Crippen molar-refractivity contribution in [2.75, 3.05) is 10.0 Å². The van der Waals surface area contributed by atoms with Crippen molar-refractivity contribution in [3.8, 4) is 5.69 Å². The van der Waals surface area contributed by atoms with Gasteiger partial charge in [-0.05, 0) is 62.4 Å². The summed E-state index contributed by atoms with van der Waals surface area (Å²) in [4.78, 5) is 38.3. The van der Waals surface area contributed by atoms with E-state index in [-0.39, 0.29) is 31.9 Å². The van der Waals surface area contributed by atoms with E-state index in [0.29, 0.717) is 16.4 Å². The van der Waals surface area contributed by atoms with Gasteiger partial charge in [0.15, 0.2) is 6.10 Å². The number of rotatable bonds is 8. The molecule has 0 fully saturated rings. The van der Waals surface area contributed by atoms with E-state index in [2.05, 4.69) is 10.0 Å². The number of hydrogen-bond donors (Lipinski definition) is 2. The molecule has 1 aromatic heterocycles. The Morgan fingerprint density at radius 2 is 1.61 bits per heavy atom. The number of anilines is 2. The minimum absolute atomic E-state index is 0.109. The molecule has 0 aliphatic rings. The van der Waals surface area contributed by atoms with Crippen LogP contribution in [0, 0.1) is 6.92 Å². The van der Waals surface area contributed by atoms with Crippen LogP contribution in [0.1, 0.15) is 23.0 Å². The molecule has 10 nitrogen and oxygen atoms in total. The highest BCUT2D eigenvalue weighted by Gasteiger charge is 2.26. The number of ether oxygens (including phenoxy) is 1. The van der Waals surface area contributed by atoms with Gasteiger partial charge in [-0.1, -0.05) is 53.0 Å². The van der Waals surface area contributed by atoms with Crippen LogP contribution < -0.4 is 15.6 Å². The summed E-state index contributed by atoms with van der Waals surface area (Å²) in [5, 5.41) is 2.95. The maximum Gasteiger partial charge on any atom is 0.340 e. The normalized spacial score (nSPS) is 12.0. The summed E-state index contributed by atoms with van der Waals surface area (Å²) in [6.07, 6.45) is -1.31. The van der Waals surface area contributed by atoms with Gasteiger partial charge in [-0.15, -0.1) is 0 Å². The zero-order valence-electron chi connectivity index (χ0n) is 21.8. The van der Waals surface area contributed by atoms with Crippen LogP contribution in [0.15, 0.2) is 76.4 Å². The molecule has 3 aromatic carbocycles. The highest BCUT2D eigenvalue weighted by atomic mass is 35.5. The molecule has 41 heavy (non-hydrogen) atoms. The molecule has 1 amide bonds. The molecule has 2 N–H and O–H groups in total. The number of hydrogen-bond acceptors (Lipinski definition) is 6. The number of carbonyl (C=O) groups is 2. The number of para-hydroxylation sites is 1. The third-order valence-corrected chi connectivity index (χ3v) is 8.34. The SMILES string of the molecule is Cc1c(NS(=O)(=O)c2ccc(Cl)c(C(=O)OC(C)C(=O)Nc3cc(Cl)ccc3Cl)c2)c(=O)n(-c2ccccc2)n1C. The quantitative estimate of drug-likeness (QED) is 0.248. The van der Waals surface area contributed by atoms with Gasteiger partial charge in [-0.2, -0.15) is 0 Å². The molecule has 214 valence electrons. The molecule has 1 unspecified atom stereocenters. The maximum atomic E-state index is 13.3. The zero-order chi connectivity index (χ0) is 30.1. The second kappa shape index (κ2) is 12.0. The van der Waals surface area contributed by atoms with Crippen molar-refractivity contribution in [1.29, 1.82) is 0 Å². The van der Waals surface area contributed by atoms with Gasteiger partial charge in [-0.3, -0.25) is 19.0 Å². The summed E-state index contributed by atoms with van der Waals surface area (Å²) >= 11 is 18.2. The van der Waals surface area contributed by atoms with Crippen LogP contribution in [0.2, 0.25) is 15.1 Å². The topological polar surface area (TPSA) is 128 Å². The van der Waals surface area contributed by atoms with Gasteiger partial charge in [0.05, 0.1) is 37.6 Å². The van der Waals surface area contributed by atoms with Crippen molar-refractivity contribution in [1.82, 2.24) is 9.36 Å². The van der Waals surface area contributed by atoms with Crippen molar-refractivity contribution in [2.24, 2.45) is 7.05 Å². The van der Waals surface area contributed by atoms with Gasteiger partial charge in [0.2, 0.25) is 0 Å². The number of esters is 1. The van der Waals surface area contributed by atoms with E-state index >= 15 is 0 Å². The average Bonchev–Trinajstić information content (AvgIpc) is 3.13. The van der Waals surface area contributed by atoms with Crippen LogP contribution >= 0.6 is 34.8 Å². The Morgan fingerprint density at radius 1 is 0.951 bits per heavy atom. The highest BCUT2D eigenvalue weighted by Crippen LogP contribution is 2.27. The van der Waals surface area contributed by atoms with Crippen LogP contribution in [-0.4, -0.2) is 35.8 Å². The first-order valence-electron chi connectivity index (χ1n) is 11.9. The molecule has 0 aliphatic heterocycles. The van der Waals surface area contributed by atoms with E-state index in [1.54, 1.807) is 50.4 Å². The summed E-state index contributed by atoms with van der Waals surface area (Å²) < 4.78 is 37.0. The third kappa shape index (κ3) is 6.43. The van der Waals surface area contributed by atoms with E-state index in [9.17, 15) is 22.8 Å². The first-order chi connectivity index (χ1) is 19.3. The van der Waals surface area contributed by atoms with E-state index in [0.717, 1.165) is 6.07 Å². The van der Waals surface area contributed by atoms with Crippen molar-refractivity contribution in [2.45, 2.75) is 24.8 Å². The van der Waals surface area contributed by atoms with E-state index in [4.69, 9.17) is 39.5 Å². The molecule has 0 bridgehead atoms. The lowest BCUT2D eigenvalue weighted by Gasteiger charge is -2.15. The Kier molecular flexibility index (Phi) is 8.83. The number of halogens is 3. The van der Waals surface area contributed by atoms with E-state index < -0.39 is 33.6 Å². The second-order valence-electron chi connectivity index (χ2n) is 8.84. The molecule has 1 heterocycles. The fourth-order valence-electron chi connectivity index (χ4n) is 3.81. The lowest BCUT2D eigenvalue weighted by atomic mass is 10.2. The van der Waals surface area contributed by atoms with Gasteiger partial charge in [0.25, 0.3) is 21.5 Å². The van der Waals surface area contributed by atoms with Crippen molar-refractivity contribution < 1.29 is 22.7 Å². The Labute approximate surface area is 250 Å². The Morgan fingerprint density at radius 3 is 2.29 bits per heavy atom. The lowest BCUT2D eigenvalue weighted by Crippen LogP contribution is -2.30. The zero-order valence-corrected chi connectivity index (χ0v) is 24.9. The summed E-state index contributed by atoms with van der Waals surface area (Å²) in [7, 11) is -2.74. The Bertz CT molecular complexity index is 1820. The molecule has 14 heteroatoms. The monoisotopic (exact) mass is 636 g/mol. The number of nitrogens with zero attached hydrogens (tertiary/aromatic N) is 2. The largest absolute Gasteiger partial charge is 0.449 e. The summed E-state index contributed by atoms with van der Waals surface area (Å²) in [6.45, 7) is 2.91. The van der Waals surface area contributed by atoms with Gasteiger partial charge in [0.1, 0.15) is 5.69 Å². The predicted molar refractivity (Wildman–Crippen MR) is 158 cm³/mol. The average molecular weight is 638 g/mol. The van der Waals surface area contributed by atoms with Gasteiger partial charge >= 0.3 is 5.97 Å². The number of benzene rings is 3. The van der Waals surface area contributed by atoms with Gasteiger partial charge < -0.3 is 10.1 Å². The van der Waals surface area contributed by atoms with Crippen molar-refractivity contribution >= 4 is 68.1 Å². The summed E-state index contributed by atoms with van der Waals surface area (Å²) in [5.74, 6) is -1.76. The molecule has 1 atom stereocenters. The standard InChI is InChI=1S/C27H23Cl3N4O6S/c1-15-24(26(36)34(33(15)3)18-7-5-4-6-8-18)32-41(38,39)19-10-12-21(29)20(14-19)27(37)40-16(2)25(35)31-23-13-17(28)9-11-22(23)30/h4-14,16,32H,1-3H3,(H,31,35). The summed E-state index contributed by atoms with van der Waals surface area (Å²) in [5.41, 5.74) is 0.0539. The van der Waals surface area contributed by atoms with Crippen molar-refractivity contribution in [3.05, 3.63) is 103 Å². The number of carbonyl (C=O) groups excluding carboxylic acids is 2. The molecule has 4 rings (SSSR count). The number of aromatic nitrogens is 2. The van der Waals surface area contributed by atoms with Crippen LogP contribution in [0.25, 0.3) is 5.69 Å². The molecule has 0 saturated heterocycles. The first kappa shape index (κ1) is 30.2. The Hall–Kier alpha value is -3.77. The molecular formula is C27H23Cl3N4O6S.